The maximum Gasteiger partial charge on any atom is 0.174 e. The van der Waals surface area contributed by atoms with E-state index >= 15 is 0 Å². The summed E-state index contributed by atoms with van der Waals surface area (Å²) in [7, 11) is 0. The van der Waals surface area contributed by atoms with Crippen LogP contribution in [-0.2, 0) is 0 Å². The van der Waals surface area contributed by atoms with Crippen molar-refractivity contribution in [3.63, 3.8) is 0 Å². The lowest BCUT2D eigenvalue weighted by atomic mass is 9.96. The molecule has 5 rings (SSSR count). The summed E-state index contributed by atoms with van der Waals surface area (Å²) in [6.07, 6.45) is 1.82. The highest BCUT2D eigenvalue weighted by Crippen LogP contribution is 2.43. The lowest BCUT2D eigenvalue weighted by Crippen LogP contribution is -2.29. The molecule has 1 fully saturated rings. The van der Waals surface area contributed by atoms with E-state index < -0.39 is 0 Å². The molecule has 3 heterocycles. The zero-order valence-corrected chi connectivity index (χ0v) is 20.6. The van der Waals surface area contributed by atoms with Crippen molar-refractivity contribution in [1.29, 1.82) is 0 Å². The van der Waals surface area contributed by atoms with Crippen LogP contribution in [0, 0.1) is 13.8 Å². The minimum Gasteiger partial charge on any atom is -0.508 e. The van der Waals surface area contributed by atoms with Gasteiger partial charge in [-0.3, -0.25) is 4.98 Å². The van der Waals surface area contributed by atoms with Crippen LogP contribution in [-0.4, -0.2) is 19.8 Å². The van der Waals surface area contributed by atoms with Gasteiger partial charge in [0, 0.05) is 33.4 Å². The normalized spacial score (nSPS) is 17.9. The molecule has 2 aromatic heterocycles. The number of benzene rings is 2. The molecule has 0 saturated carbocycles. The second kappa shape index (κ2) is 8.65. The van der Waals surface area contributed by atoms with Crippen molar-refractivity contribution >= 4 is 38.9 Å². The Kier molecular flexibility index (Phi) is 5.68. The van der Waals surface area contributed by atoms with Crippen LogP contribution in [0.5, 0.6) is 5.75 Å². The molecule has 5 nitrogen and oxygen atoms in total. The lowest BCUT2D eigenvalue weighted by molar-refractivity contribution is 0.475. The van der Waals surface area contributed by atoms with E-state index in [9.17, 15) is 5.11 Å². The number of thiocarbonyl (C=S) groups is 1. The maximum absolute atomic E-state index is 9.74. The van der Waals surface area contributed by atoms with Crippen LogP contribution in [0.3, 0.4) is 0 Å². The first-order valence-corrected chi connectivity index (χ1v) is 11.9. The number of aromatic hydroxyl groups is 1. The summed E-state index contributed by atoms with van der Waals surface area (Å²) in [6.45, 7) is 4.23. The quantitative estimate of drug-likeness (QED) is 0.318. The molecule has 0 aliphatic carbocycles. The van der Waals surface area contributed by atoms with Gasteiger partial charge in [0.25, 0.3) is 0 Å². The first kappa shape index (κ1) is 21.7. The van der Waals surface area contributed by atoms with Gasteiger partial charge in [-0.1, -0.05) is 22.0 Å². The molecule has 33 heavy (non-hydrogen) atoms. The monoisotopic (exact) mass is 518 g/mol. The lowest BCUT2D eigenvalue weighted by Gasteiger charge is -2.28. The Balaban J connectivity index is 1.67. The van der Waals surface area contributed by atoms with Gasteiger partial charge in [0.1, 0.15) is 5.75 Å². The van der Waals surface area contributed by atoms with Crippen molar-refractivity contribution in [3.05, 3.63) is 106 Å². The molecule has 0 bridgehead atoms. The Labute approximate surface area is 206 Å². The Bertz CT molecular complexity index is 1300. The van der Waals surface area contributed by atoms with E-state index in [2.05, 4.69) is 67.7 Å². The van der Waals surface area contributed by atoms with Gasteiger partial charge in [0.05, 0.1) is 17.8 Å². The molecule has 166 valence electrons. The highest BCUT2D eigenvalue weighted by atomic mass is 79.9. The summed E-state index contributed by atoms with van der Waals surface area (Å²) in [5.41, 5.74) is 6.38. The van der Waals surface area contributed by atoms with Gasteiger partial charge in [-0.25, -0.2) is 0 Å². The number of nitrogens with one attached hydrogen (secondary N) is 1. The molecule has 2 N–H and O–H groups in total. The Hall–Kier alpha value is -3.16. The summed E-state index contributed by atoms with van der Waals surface area (Å²) in [5, 5.41) is 13.9. The number of nitrogens with zero attached hydrogens (tertiary/aromatic N) is 3. The summed E-state index contributed by atoms with van der Waals surface area (Å²) >= 11 is 9.38. The smallest absolute Gasteiger partial charge is 0.174 e. The second-order valence-electron chi connectivity index (χ2n) is 8.15. The van der Waals surface area contributed by atoms with E-state index in [0.717, 1.165) is 32.9 Å². The standard InChI is InChI=1S/C26H23BrN4OS/c1-16-15-22(17(2)30(16)19-10-12-21(32)13-11-19)25-24(23-5-3-4-14-28-23)29-26(33)31(25)20-8-6-18(27)7-9-20/h3-15,24-25,32H,1-2H3,(H,29,33)/t24-,25-/m0/s1. The van der Waals surface area contributed by atoms with Gasteiger partial charge < -0.3 is 19.9 Å². The predicted octanol–water partition coefficient (Wildman–Crippen LogP) is 6.13. The minimum atomic E-state index is -0.101. The number of anilines is 1. The molecule has 1 aliphatic heterocycles. The van der Waals surface area contributed by atoms with Gasteiger partial charge >= 0.3 is 0 Å². The third-order valence-electron chi connectivity index (χ3n) is 6.10. The first-order valence-electron chi connectivity index (χ1n) is 10.7. The molecule has 0 radical (unpaired) electrons. The molecule has 2 atom stereocenters. The molecule has 1 saturated heterocycles. The summed E-state index contributed by atoms with van der Waals surface area (Å²) in [5.74, 6) is 0.253. The van der Waals surface area contributed by atoms with Crippen molar-refractivity contribution in [3.8, 4) is 11.4 Å². The number of pyridine rings is 1. The van der Waals surface area contributed by atoms with Crippen LogP contribution < -0.4 is 10.2 Å². The van der Waals surface area contributed by atoms with Crippen molar-refractivity contribution in [2.75, 3.05) is 4.90 Å². The van der Waals surface area contributed by atoms with E-state index in [1.165, 1.54) is 5.56 Å². The molecule has 1 aliphatic rings. The van der Waals surface area contributed by atoms with Crippen LogP contribution in [0.25, 0.3) is 5.69 Å². The maximum atomic E-state index is 9.74. The third-order valence-corrected chi connectivity index (χ3v) is 6.94. The molecular formula is C26H23BrN4OS. The fourth-order valence-corrected chi connectivity index (χ4v) is 5.25. The Morgan fingerprint density at radius 2 is 1.67 bits per heavy atom. The zero-order valence-electron chi connectivity index (χ0n) is 18.2. The number of aryl methyl sites for hydroxylation is 1. The van der Waals surface area contributed by atoms with Crippen molar-refractivity contribution < 1.29 is 5.11 Å². The van der Waals surface area contributed by atoms with E-state index in [0.29, 0.717) is 5.11 Å². The second-order valence-corrected chi connectivity index (χ2v) is 9.45. The largest absolute Gasteiger partial charge is 0.508 e. The first-order chi connectivity index (χ1) is 15.9. The molecule has 0 spiro atoms. The zero-order chi connectivity index (χ0) is 23.1. The minimum absolute atomic E-state index is 0.0781. The number of aromatic nitrogens is 2. The van der Waals surface area contributed by atoms with Crippen LogP contribution >= 0.6 is 28.1 Å². The van der Waals surface area contributed by atoms with Gasteiger partial charge in [0.15, 0.2) is 5.11 Å². The highest BCUT2D eigenvalue weighted by molar-refractivity contribution is 9.10. The molecule has 7 heteroatoms. The molecule has 0 amide bonds. The highest BCUT2D eigenvalue weighted by Gasteiger charge is 2.42. The molecule has 2 aromatic carbocycles. The molecule has 4 aromatic rings. The molecular weight excluding hydrogens is 496 g/mol. The van der Waals surface area contributed by atoms with Crippen molar-refractivity contribution in [1.82, 2.24) is 14.9 Å². The summed E-state index contributed by atoms with van der Waals surface area (Å²) in [6, 6.07) is 23.5. The van der Waals surface area contributed by atoms with Gasteiger partial charge in [-0.2, -0.15) is 0 Å². The number of hydrogen-bond donors (Lipinski definition) is 2. The summed E-state index contributed by atoms with van der Waals surface area (Å²) in [4.78, 5) is 6.83. The van der Waals surface area contributed by atoms with Crippen molar-refractivity contribution in [2.45, 2.75) is 25.9 Å². The Morgan fingerprint density at radius 1 is 0.970 bits per heavy atom. The summed E-state index contributed by atoms with van der Waals surface area (Å²) < 4.78 is 3.23. The predicted molar refractivity (Wildman–Crippen MR) is 139 cm³/mol. The van der Waals surface area contributed by atoms with E-state index in [-0.39, 0.29) is 17.8 Å². The van der Waals surface area contributed by atoms with Crippen LogP contribution in [0.1, 0.15) is 34.7 Å². The van der Waals surface area contributed by atoms with Gasteiger partial charge in [0.2, 0.25) is 0 Å². The van der Waals surface area contributed by atoms with Crippen LogP contribution in [0.15, 0.2) is 83.5 Å². The molecule has 0 unspecified atom stereocenters. The van der Waals surface area contributed by atoms with Crippen LogP contribution in [0.2, 0.25) is 0 Å². The fourth-order valence-electron chi connectivity index (χ4n) is 4.64. The average Bonchev–Trinajstić information content (AvgIpc) is 3.31. The van der Waals surface area contributed by atoms with Gasteiger partial charge in [-0.05, 0) is 98.4 Å². The third kappa shape index (κ3) is 3.92. The van der Waals surface area contributed by atoms with Gasteiger partial charge in [-0.15, -0.1) is 0 Å². The number of rotatable bonds is 4. The number of hydrogen-bond acceptors (Lipinski definition) is 3. The topological polar surface area (TPSA) is 53.3 Å². The number of phenolic OH excluding ortho intramolecular Hbond substituents is 1. The van der Waals surface area contributed by atoms with E-state index in [1.807, 2.05) is 48.7 Å². The SMILES string of the molecule is Cc1cc([C@H]2[C@H](c3ccccn3)NC(=S)N2c2ccc(Br)cc2)c(C)n1-c1ccc(O)cc1. The number of halogens is 1. The fraction of sp³-hybridized carbons (Fsp3) is 0.154. The van der Waals surface area contributed by atoms with Crippen LogP contribution in [0.4, 0.5) is 5.69 Å². The average molecular weight is 519 g/mol. The van der Waals surface area contributed by atoms with E-state index in [1.54, 1.807) is 12.1 Å². The Morgan fingerprint density at radius 3 is 2.33 bits per heavy atom. The number of phenols is 1. The van der Waals surface area contributed by atoms with E-state index in [4.69, 9.17) is 12.2 Å². The van der Waals surface area contributed by atoms with Crippen molar-refractivity contribution in [2.24, 2.45) is 0 Å².